The van der Waals surface area contributed by atoms with Gasteiger partial charge in [-0.05, 0) is 122 Å². The molecule has 0 saturated heterocycles. The van der Waals surface area contributed by atoms with Crippen LogP contribution in [-0.4, -0.2) is 32.4 Å². The van der Waals surface area contributed by atoms with Crippen molar-refractivity contribution in [3.8, 4) is 0 Å². The van der Waals surface area contributed by atoms with Crippen LogP contribution in [0.5, 0.6) is 0 Å². The molecule has 224 valence electrons. The van der Waals surface area contributed by atoms with Crippen molar-refractivity contribution in [2.24, 2.45) is 5.92 Å². The molecule has 42 heavy (non-hydrogen) atoms. The largest absolute Gasteiger partial charge is 0.361 e. The number of carbonyl (C=O) groups excluding carboxylic acids is 1. The molecule has 5 heterocycles. The van der Waals surface area contributed by atoms with Crippen LogP contribution >= 0.6 is 0 Å². The van der Waals surface area contributed by atoms with E-state index in [1.54, 1.807) is 0 Å². The first kappa shape index (κ1) is 28.7. The van der Waals surface area contributed by atoms with E-state index in [1.165, 1.54) is 42.8 Å². The van der Waals surface area contributed by atoms with Gasteiger partial charge in [0, 0.05) is 73.8 Å². The summed E-state index contributed by atoms with van der Waals surface area (Å²) in [6, 6.07) is 15.6. The van der Waals surface area contributed by atoms with Gasteiger partial charge in [-0.3, -0.25) is 4.79 Å². The van der Waals surface area contributed by atoms with E-state index in [9.17, 15) is 4.79 Å². The maximum absolute atomic E-state index is 13.3. The molecule has 0 atom stereocenters. The number of amides is 1. The maximum atomic E-state index is 13.3. The fourth-order valence-corrected chi connectivity index (χ4v) is 7.18. The van der Waals surface area contributed by atoms with E-state index >= 15 is 0 Å². The first-order valence-corrected chi connectivity index (χ1v) is 15.8. The van der Waals surface area contributed by atoms with Crippen molar-refractivity contribution >= 4 is 5.91 Å². The van der Waals surface area contributed by atoms with Crippen LogP contribution in [0.25, 0.3) is 0 Å². The van der Waals surface area contributed by atoms with Gasteiger partial charge in [0.25, 0.3) is 0 Å². The molecular formula is C36H49N5O. The van der Waals surface area contributed by atoms with E-state index in [1.807, 2.05) is 0 Å². The number of fused-ring (bicyclic) bond motifs is 8. The van der Waals surface area contributed by atoms with Gasteiger partial charge in [-0.25, -0.2) is 0 Å². The highest BCUT2D eigenvalue weighted by molar-refractivity contribution is 5.79. The van der Waals surface area contributed by atoms with Crippen LogP contribution in [0.1, 0.15) is 132 Å². The lowest BCUT2D eigenvalue weighted by Gasteiger charge is -2.28. The molecule has 4 aromatic heterocycles. The zero-order valence-electron chi connectivity index (χ0n) is 26.8. The Hall–Kier alpha value is -3.41. The third kappa shape index (κ3) is 4.67. The summed E-state index contributed by atoms with van der Waals surface area (Å²) in [6.07, 6.45) is 5.39. The second-order valence-corrected chi connectivity index (χ2v) is 15.1. The van der Waals surface area contributed by atoms with Crippen molar-refractivity contribution in [1.29, 1.82) is 0 Å². The van der Waals surface area contributed by atoms with Crippen molar-refractivity contribution in [2.75, 3.05) is 6.54 Å². The fourth-order valence-electron chi connectivity index (χ4n) is 7.18. The number of H-pyrrole nitrogens is 4. The normalized spacial score (nSPS) is 20.5. The predicted octanol–water partition coefficient (Wildman–Crippen LogP) is 7.46. The summed E-state index contributed by atoms with van der Waals surface area (Å²) in [5.74, 6) is 0.726. The molecule has 6 heteroatoms. The van der Waals surface area contributed by atoms with Crippen LogP contribution in [0.2, 0.25) is 0 Å². The lowest BCUT2D eigenvalue weighted by molar-refractivity contribution is -0.120. The van der Waals surface area contributed by atoms with Crippen LogP contribution in [0.15, 0.2) is 42.5 Å². The minimum atomic E-state index is -0.370. The Morgan fingerprint density at radius 1 is 0.643 bits per heavy atom. The molecule has 1 amide bonds. The predicted molar refractivity (Wildman–Crippen MR) is 170 cm³/mol. The number of rotatable bonds is 4. The van der Waals surface area contributed by atoms with Gasteiger partial charge in [-0.1, -0.05) is 12.8 Å². The van der Waals surface area contributed by atoms with E-state index in [0.717, 1.165) is 40.6 Å². The van der Waals surface area contributed by atoms with Gasteiger partial charge >= 0.3 is 0 Å². The van der Waals surface area contributed by atoms with Crippen molar-refractivity contribution in [3.05, 3.63) is 93.6 Å². The summed E-state index contributed by atoms with van der Waals surface area (Å²) >= 11 is 0. The number of carbonyl (C=O) groups is 1. The lowest BCUT2D eigenvalue weighted by atomic mass is 9.83. The molecule has 1 fully saturated rings. The van der Waals surface area contributed by atoms with Gasteiger partial charge < -0.3 is 25.3 Å². The summed E-state index contributed by atoms with van der Waals surface area (Å²) in [6.45, 7) is 18.9. The van der Waals surface area contributed by atoms with Crippen molar-refractivity contribution in [3.63, 3.8) is 0 Å². The maximum Gasteiger partial charge on any atom is 0.224 e. The molecule has 6 rings (SSSR count). The van der Waals surface area contributed by atoms with Gasteiger partial charge in [0.15, 0.2) is 0 Å². The Balaban J connectivity index is 1.47. The number of hydrogen-bond acceptors (Lipinski definition) is 1. The fraction of sp³-hybridized carbons (Fsp3) is 0.528. The first-order chi connectivity index (χ1) is 19.7. The quantitative estimate of drug-likeness (QED) is 0.174. The Labute approximate surface area is 250 Å². The summed E-state index contributed by atoms with van der Waals surface area (Å²) < 4.78 is 0. The van der Waals surface area contributed by atoms with Crippen LogP contribution in [0.4, 0.5) is 0 Å². The van der Waals surface area contributed by atoms with Crippen LogP contribution in [0, 0.1) is 5.92 Å². The number of aromatic amines is 4. The molecule has 6 nitrogen and oxygen atoms in total. The molecule has 0 aromatic carbocycles. The Bertz CT molecular complexity index is 1590. The summed E-state index contributed by atoms with van der Waals surface area (Å²) in [5, 5.41) is 3.26. The minimum Gasteiger partial charge on any atom is -0.361 e. The smallest absolute Gasteiger partial charge is 0.224 e. The highest BCUT2D eigenvalue weighted by atomic mass is 16.1. The van der Waals surface area contributed by atoms with Crippen molar-refractivity contribution in [1.82, 2.24) is 25.3 Å². The van der Waals surface area contributed by atoms with Crippen LogP contribution in [-0.2, 0) is 32.9 Å². The Morgan fingerprint density at radius 3 is 1.50 bits per heavy atom. The second-order valence-electron chi connectivity index (χ2n) is 15.1. The standard InChI is InChI=1S/C36H49N5O/c1-33(2)24-13-14-25(38-24)34(3,4)27-17-18-29(40-27)36(7,8)32-23(20-31(42)37-21-22-11-9-10-12-22)19-30(41-32)35(5,6)28-16-15-26(33)39-28/h13-19,22,38-41H,9-12,20-21H2,1-8H3,(H,37,42). The first-order valence-electron chi connectivity index (χ1n) is 15.8. The zero-order valence-corrected chi connectivity index (χ0v) is 26.8. The molecule has 0 radical (unpaired) electrons. The SMILES string of the molecule is CC1(C)c2ccc([nH]2)C(C)(C)c2ccc([nH]2)C(C)(C)c2[nH]c(cc2CC(=O)NCC2CCCC2)C(C)(C)c2ccc1[nH]2. The molecule has 4 aromatic rings. The van der Waals surface area contributed by atoms with Crippen LogP contribution < -0.4 is 5.32 Å². The zero-order chi connectivity index (χ0) is 30.1. The molecule has 1 aliphatic carbocycles. The highest BCUT2D eigenvalue weighted by Gasteiger charge is 2.38. The van der Waals surface area contributed by atoms with E-state index in [0.29, 0.717) is 12.3 Å². The summed E-state index contributed by atoms with van der Waals surface area (Å²) in [4.78, 5) is 28.6. The average Bonchev–Trinajstić information content (AvgIpc) is 3.75. The Kier molecular flexibility index (Phi) is 6.71. The molecule has 0 spiro atoms. The molecule has 0 unspecified atom stereocenters. The van der Waals surface area contributed by atoms with Crippen molar-refractivity contribution < 1.29 is 4.79 Å². The molecule has 5 N–H and O–H groups in total. The lowest BCUT2D eigenvalue weighted by Crippen LogP contribution is -2.31. The molecule has 1 aliphatic heterocycles. The molecule has 8 bridgehead atoms. The number of nitrogens with one attached hydrogen (secondary N) is 5. The van der Waals surface area contributed by atoms with Gasteiger partial charge in [-0.15, -0.1) is 0 Å². The molecule has 2 aliphatic rings. The van der Waals surface area contributed by atoms with Crippen molar-refractivity contribution in [2.45, 2.75) is 109 Å². The number of aromatic nitrogens is 4. The van der Waals surface area contributed by atoms with Gasteiger partial charge in [0.05, 0.1) is 6.42 Å². The molecule has 1 saturated carbocycles. The van der Waals surface area contributed by atoms with Crippen LogP contribution in [0.3, 0.4) is 0 Å². The summed E-state index contributed by atoms with van der Waals surface area (Å²) in [5.41, 5.74) is 9.07. The van der Waals surface area contributed by atoms with Gasteiger partial charge in [0.2, 0.25) is 5.91 Å². The van der Waals surface area contributed by atoms with E-state index in [-0.39, 0.29) is 27.6 Å². The van der Waals surface area contributed by atoms with Gasteiger partial charge in [-0.2, -0.15) is 0 Å². The van der Waals surface area contributed by atoms with E-state index in [4.69, 9.17) is 0 Å². The Morgan fingerprint density at radius 2 is 1.05 bits per heavy atom. The minimum absolute atomic E-state index is 0.104. The highest BCUT2D eigenvalue weighted by Crippen LogP contribution is 2.42. The third-order valence-corrected chi connectivity index (χ3v) is 10.7. The summed E-state index contributed by atoms with van der Waals surface area (Å²) in [7, 11) is 0. The topological polar surface area (TPSA) is 92.3 Å². The average molecular weight is 568 g/mol. The molecular weight excluding hydrogens is 518 g/mol. The van der Waals surface area contributed by atoms with E-state index < -0.39 is 0 Å². The number of hydrogen-bond donors (Lipinski definition) is 5. The second kappa shape index (κ2) is 9.82. The van der Waals surface area contributed by atoms with E-state index in [2.05, 4.69) is 123 Å². The van der Waals surface area contributed by atoms with Gasteiger partial charge in [0.1, 0.15) is 0 Å². The third-order valence-electron chi connectivity index (χ3n) is 10.7. The monoisotopic (exact) mass is 567 g/mol.